The van der Waals surface area contributed by atoms with Crippen LogP contribution >= 0.6 is 0 Å². The molecule has 0 aromatic heterocycles. The zero-order chi connectivity index (χ0) is 17.5. The van der Waals surface area contributed by atoms with E-state index >= 15 is 0 Å². The van der Waals surface area contributed by atoms with Crippen LogP contribution in [0.25, 0.3) is 0 Å². The van der Waals surface area contributed by atoms with Crippen molar-refractivity contribution in [2.45, 2.75) is 41.0 Å². The van der Waals surface area contributed by atoms with Gasteiger partial charge in [0.05, 0.1) is 7.11 Å². The van der Waals surface area contributed by atoms with Gasteiger partial charge in [0.2, 0.25) is 0 Å². The summed E-state index contributed by atoms with van der Waals surface area (Å²) in [5.41, 5.74) is 4.93. The largest absolute Gasteiger partial charge is 0.466 e. The molecule has 23 heavy (non-hydrogen) atoms. The van der Waals surface area contributed by atoms with Crippen LogP contribution in [0.5, 0.6) is 0 Å². The number of carbonyl (C=O) groups is 1. The lowest BCUT2D eigenvalue weighted by molar-refractivity contribution is -0.134. The molecule has 0 aromatic rings. The van der Waals surface area contributed by atoms with Crippen LogP contribution in [-0.2, 0) is 9.53 Å². The van der Waals surface area contributed by atoms with Gasteiger partial charge in [0.15, 0.2) is 0 Å². The molecule has 0 amide bonds. The van der Waals surface area contributed by atoms with E-state index in [4.69, 9.17) is 0 Å². The van der Waals surface area contributed by atoms with Crippen molar-refractivity contribution in [1.82, 2.24) is 0 Å². The summed E-state index contributed by atoms with van der Waals surface area (Å²) in [6.07, 6.45) is 17.2. The Bertz CT molecular complexity index is 620. The minimum Gasteiger partial charge on any atom is -0.466 e. The first-order valence-electron chi connectivity index (χ1n) is 7.93. The Morgan fingerprint density at radius 1 is 1.22 bits per heavy atom. The van der Waals surface area contributed by atoms with Crippen LogP contribution < -0.4 is 0 Å². The molecule has 0 unspecified atom stereocenters. The van der Waals surface area contributed by atoms with Crippen molar-refractivity contribution in [3.05, 3.63) is 70.9 Å². The molecule has 0 saturated carbocycles. The second-order valence-corrected chi connectivity index (χ2v) is 6.60. The molecule has 124 valence electrons. The van der Waals surface area contributed by atoms with Crippen LogP contribution in [0.3, 0.4) is 0 Å². The van der Waals surface area contributed by atoms with E-state index in [1.807, 2.05) is 25.2 Å². The molecule has 0 radical (unpaired) electrons. The standard InChI is InChI=1S/C21H28O2/c1-16(9-7-10-17(2)15-20(22)23-6)12-13-19-18(3)11-8-14-21(19,4)5/h7-13,15H,14H2,1-6H3/b10-7+,13-12+,16-9-,17-15+. The number of carbonyl (C=O) groups excluding carboxylic acids is 1. The summed E-state index contributed by atoms with van der Waals surface area (Å²) >= 11 is 0. The Balaban J connectivity index is 2.79. The van der Waals surface area contributed by atoms with Gasteiger partial charge < -0.3 is 4.74 Å². The van der Waals surface area contributed by atoms with Gasteiger partial charge >= 0.3 is 5.97 Å². The molecule has 1 aliphatic rings. The molecular formula is C21H28O2. The van der Waals surface area contributed by atoms with Crippen molar-refractivity contribution >= 4 is 5.97 Å². The van der Waals surface area contributed by atoms with Crippen molar-refractivity contribution in [1.29, 1.82) is 0 Å². The highest BCUT2D eigenvalue weighted by molar-refractivity contribution is 5.83. The summed E-state index contributed by atoms with van der Waals surface area (Å²) in [7, 11) is 1.38. The van der Waals surface area contributed by atoms with Gasteiger partial charge in [-0.05, 0) is 49.3 Å². The summed E-state index contributed by atoms with van der Waals surface area (Å²) < 4.78 is 4.60. The lowest BCUT2D eigenvalue weighted by atomic mass is 9.75. The van der Waals surface area contributed by atoms with E-state index in [2.05, 4.69) is 56.7 Å². The van der Waals surface area contributed by atoms with Gasteiger partial charge in [-0.1, -0.05) is 62.0 Å². The van der Waals surface area contributed by atoms with Gasteiger partial charge in [0, 0.05) is 6.08 Å². The Morgan fingerprint density at radius 3 is 2.52 bits per heavy atom. The molecule has 0 saturated heterocycles. The smallest absolute Gasteiger partial charge is 0.330 e. The fraction of sp³-hybridized carbons (Fsp3) is 0.381. The summed E-state index contributed by atoms with van der Waals surface area (Å²) in [6.45, 7) is 10.7. The monoisotopic (exact) mass is 312 g/mol. The van der Waals surface area contributed by atoms with Crippen LogP contribution in [0, 0.1) is 5.41 Å². The van der Waals surface area contributed by atoms with E-state index in [1.165, 1.54) is 24.3 Å². The topological polar surface area (TPSA) is 26.3 Å². The van der Waals surface area contributed by atoms with Crippen molar-refractivity contribution < 1.29 is 9.53 Å². The van der Waals surface area contributed by atoms with Crippen LogP contribution in [0.15, 0.2) is 70.9 Å². The Hall–Kier alpha value is -2.09. The van der Waals surface area contributed by atoms with Gasteiger partial charge in [0.25, 0.3) is 0 Å². The van der Waals surface area contributed by atoms with E-state index in [9.17, 15) is 4.79 Å². The molecule has 0 aromatic carbocycles. The first kappa shape index (κ1) is 19.0. The maximum Gasteiger partial charge on any atom is 0.330 e. The average Bonchev–Trinajstić information content (AvgIpc) is 2.45. The third-order valence-corrected chi connectivity index (χ3v) is 3.93. The number of hydrogen-bond acceptors (Lipinski definition) is 2. The predicted octanol–water partition coefficient (Wildman–Crippen LogP) is 5.47. The molecular weight excluding hydrogens is 284 g/mol. The SMILES string of the molecule is COC(=O)/C=C(C)/C=C/C=C(C)\C=C\C1=C(C)C=CCC1(C)C. The minimum atomic E-state index is -0.331. The quantitative estimate of drug-likeness (QED) is 0.382. The highest BCUT2D eigenvalue weighted by Gasteiger charge is 2.23. The number of allylic oxidation sites excluding steroid dienone is 11. The Morgan fingerprint density at radius 2 is 1.91 bits per heavy atom. The zero-order valence-corrected chi connectivity index (χ0v) is 15.1. The van der Waals surface area contributed by atoms with E-state index in [-0.39, 0.29) is 11.4 Å². The van der Waals surface area contributed by atoms with E-state index in [0.717, 1.165) is 17.6 Å². The Labute approximate surface area is 140 Å². The normalized spacial score (nSPS) is 19.0. The van der Waals surface area contributed by atoms with Crippen molar-refractivity contribution in [2.75, 3.05) is 7.11 Å². The third-order valence-electron chi connectivity index (χ3n) is 3.93. The number of esters is 1. The summed E-state index contributed by atoms with van der Waals surface area (Å²) in [5.74, 6) is -0.331. The maximum absolute atomic E-state index is 11.1. The molecule has 1 rings (SSSR count). The summed E-state index contributed by atoms with van der Waals surface area (Å²) in [4.78, 5) is 11.1. The van der Waals surface area contributed by atoms with Gasteiger partial charge in [-0.25, -0.2) is 4.79 Å². The number of rotatable bonds is 5. The van der Waals surface area contributed by atoms with Gasteiger partial charge in [0.1, 0.15) is 0 Å². The first-order chi connectivity index (χ1) is 10.8. The van der Waals surface area contributed by atoms with Crippen LogP contribution in [0.4, 0.5) is 0 Å². The highest BCUT2D eigenvalue weighted by atomic mass is 16.5. The maximum atomic E-state index is 11.1. The molecule has 2 nitrogen and oxygen atoms in total. The van der Waals surface area contributed by atoms with Gasteiger partial charge in [-0.3, -0.25) is 0 Å². The van der Waals surface area contributed by atoms with E-state index in [1.54, 1.807) is 0 Å². The van der Waals surface area contributed by atoms with Gasteiger partial charge in [-0.15, -0.1) is 0 Å². The Kier molecular flexibility index (Phi) is 7.02. The molecule has 0 N–H and O–H groups in total. The molecule has 2 heteroatoms. The van der Waals surface area contributed by atoms with Crippen molar-refractivity contribution in [2.24, 2.45) is 5.41 Å². The fourth-order valence-electron chi connectivity index (χ4n) is 2.54. The predicted molar refractivity (Wildman–Crippen MR) is 98.0 cm³/mol. The van der Waals surface area contributed by atoms with Gasteiger partial charge in [-0.2, -0.15) is 0 Å². The number of hydrogen-bond donors (Lipinski definition) is 0. The molecule has 0 fully saturated rings. The lowest BCUT2D eigenvalue weighted by Gasteiger charge is -2.29. The first-order valence-corrected chi connectivity index (χ1v) is 7.93. The minimum absolute atomic E-state index is 0.186. The number of ether oxygens (including phenoxy) is 1. The van der Waals surface area contributed by atoms with Crippen LogP contribution in [0.2, 0.25) is 0 Å². The van der Waals surface area contributed by atoms with Crippen molar-refractivity contribution in [3.63, 3.8) is 0 Å². The van der Waals surface area contributed by atoms with Crippen LogP contribution in [-0.4, -0.2) is 13.1 Å². The molecule has 0 aliphatic heterocycles. The van der Waals surface area contributed by atoms with E-state index in [0.29, 0.717) is 0 Å². The van der Waals surface area contributed by atoms with Crippen molar-refractivity contribution in [3.8, 4) is 0 Å². The van der Waals surface area contributed by atoms with E-state index < -0.39 is 0 Å². The second-order valence-electron chi connectivity index (χ2n) is 6.60. The second kappa shape index (κ2) is 8.52. The zero-order valence-electron chi connectivity index (χ0n) is 15.1. The molecule has 0 bridgehead atoms. The summed E-state index contributed by atoms with van der Waals surface area (Å²) in [5, 5.41) is 0. The summed E-state index contributed by atoms with van der Waals surface area (Å²) in [6, 6.07) is 0. The number of methoxy groups -OCH3 is 1. The third kappa shape index (κ3) is 6.27. The highest BCUT2D eigenvalue weighted by Crippen LogP contribution is 2.37. The fourth-order valence-corrected chi connectivity index (χ4v) is 2.54. The van der Waals surface area contributed by atoms with Crippen LogP contribution in [0.1, 0.15) is 41.0 Å². The lowest BCUT2D eigenvalue weighted by Crippen LogP contribution is -2.16. The molecule has 0 heterocycles. The molecule has 0 atom stereocenters. The molecule has 1 aliphatic carbocycles. The average molecular weight is 312 g/mol. The molecule has 0 spiro atoms.